The van der Waals surface area contributed by atoms with Crippen molar-refractivity contribution in [2.24, 2.45) is 0 Å². The lowest BCUT2D eigenvalue weighted by Gasteiger charge is -2.22. The summed E-state index contributed by atoms with van der Waals surface area (Å²) in [5, 5.41) is 3.83. The first-order valence-corrected chi connectivity index (χ1v) is 7.02. The van der Waals surface area contributed by atoms with Crippen LogP contribution < -0.4 is 5.32 Å². The smallest absolute Gasteiger partial charge is 0.241 e. The van der Waals surface area contributed by atoms with E-state index in [4.69, 9.17) is 23.2 Å². The molecule has 1 aromatic rings. The van der Waals surface area contributed by atoms with Gasteiger partial charge in [0, 0.05) is 17.6 Å². The van der Waals surface area contributed by atoms with Gasteiger partial charge in [-0.05, 0) is 41.9 Å². The zero-order valence-corrected chi connectivity index (χ0v) is 13.5. The molecule has 6 heteroatoms. The van der Waals surface area contributed by atoms with Crippen molar-refractivity contribution in [1.29, 1.82) is 0 Å². The number of anilines is 1. The van der Waals surface area contributed by atoms with Crippen molar-refractivity contribution in [2.45, 2.75) is 19.9 Å². The van der Waals surface area contributed by atoms with Crippen LogP contribution in [0.15, 0.2) is 16.6 Å². The first-order valence-electron chi connectivity index (χ1n) is 5.47. The van der Waals surface area contributed by atoms with Gasteiger partial charge in [-0.3, -0.25) is 4.79 Å². The van der Waals surface area contributed by atoms with Gasteiger partial charge in [0.15, 0.2) is 0 Å². The summed E-state index contributed by atoms with van der Waals surface area (Å²) < 4.78 is 0.727. The Morgan fingerprint density at radius 3 is 2.56 bits per heavy atom. The van der Waals surface area contributed by atoms with Crippen molar-refractivity contribution < 1.29 is 4.79 Å². The van der Waals surface area contributed by atoms with E-state index < -0.39 is 0 Å². The molecule has 0 unspecified atom stereocenters. The molecule has 1 amide bonds. The molecule has 0 aliphatic carbocycles. The molecule has 0 aromatic heterocycles. The number of likely N-dealkylation sites (N-methyl/N-ethyl adjacent to an activating group) is 1. The Morgan fingerprint density at radius 2 is 2.00 bits per heavy atom. The van der Waals surface area contributed by atoms with E-state index in [2.05, 4.69) is 21.2 Å². The molecule has 0 heterocycles. The van der Waals surface area contributed by atoms with Crippen molar-refractivity contribution >= 4 is 50.7 Å². The van der Waals surface area contributed by atoms with Crippen LogP contribution in [0, 0.1) is 0 Å². The number of nitrogens with zero attached hydrogens (tertiary/aromatic N) is 1. The number of nitrogens with one attached hydrogen (secondary N) is 1. The molecule has 18 heavy (non-hydrogen) atoms. The van der Waals surface area contributed by atoms with E-state index >= 15 is 0 Å². The van der Waals surface area contributed by atoms with Crippen molar-refractivity contribution in [3.8, 4) is 0 Å². The fourth-order valence-corrected chi connectivity index (χ4v) is 2.09. The molecule has 100 valence electrons. The molecule has 1 rings (SSSR count). The molecule has 3 nitrogen and oxygen atoms in total. The molecule has 0 saturated heterocycles. The highest BCUT2D eigenvalue weighted by Crippen LogP contribution is 2.35. The molecule has 0 fully saturated rings. The van der Waals surface area contributed by atoms with Crippen LogP contribution in [0.2, 0.25) is 10.0 Å². The largest absolute Gasteiger partial charge is 0.375 e. The Balaban J connectivity index is 2.70. The fraction of sp³-hybridized carbons (Fsp3) is 0.417. The third-order valence-corrected chi connectivity index (χ3v) is 4.40. The predicted molar refractivity (Wildman–Crippen MR) is 80.6 cm³/mol. The second kappa shape index (κ2) is 6.64. The average Bonchev–Trinajstić information content (AvgIpc) is 2.33. The number of halogens is 3. The van der Waals surface area contributed by atoms with Crippen LogP contribution >= 0.6 is 39.1 Å². The van der Waals surface area contributed by atoms with E-state index in [0.717, 1.165) is 4.47 Å². The van der Waals surface area contributed by atoms with Crippen molar-refractivity contribution in [1.82, 2.24) is 4.90 Å². The van der Waals surface area contributed by atoms with Crippen LogP contribution in [0.25, 0.3) is 0 Å². The molecule has 0 aliphatic rings. The van der Waals surface area contributed by atoms with Crippen LogP contribution in [-0.4, -0.2) is 30.4 Å². The summed E-state index contributed by atoms with van der Waals surface area (Å²) in [5.41, 5.74) is 0.648. The van der Waals surface area contributed by atoms with Gasteiger partial charge in [0.1, 0.15) is 0 Å². The number of benzene rings is 1. The molecule has 0 spiro atoms. The van der Waals surface area contributed by atoms with E-state index in [1.807, 2.05) is 13.8 Å². The SMILES string of the molecule is CC(C)N(C)C(=O)CNc1ccc(Br)c(Cl)c1Cl. The molecule has 1 N–H and O–H groups in total. The number of carbonyl (C=O) groups is 1. The fourth-order valence-electron chi connectivity index (χ4n) is 1.25. The average molecular weight is 354 g/mol. The second-order valence-corrected chi connectivity index (χ2v) is 5.79. The number of carbonyl (C=O) groups excluding carboxylic acids is 1. The van der Waals surface area contributed by atoms with Gasteiger partial charge >= 0.3 is 0 Å². The molecular weight excluding hydrogens is 339 g/mol. The zero-order valence-electron chi connectivity index (χ0n) is 10.4. The van der Waals surface area contributed by atoms with Gasteiger partial charge in [0.2, 0.25) is 5.91 Å². The van der Waals surface area contributed by atoms with Gasteiger partial charge in [0.25, 0.3) is 0 Å². The summed E-state index contributed by atoms with van der Waals surface area (Å²) in [6.07, 6.45) is 0. The van der Waals surface area contributed by atoms with Crippen LogP contribution in [-0.2, 0) is 4.79 Å². The van der Waals surface area contributed by atoms with E-state index in [1.54, 1.807) is 24.1 Å². The van der Waals surface area contributed by atoms with Gasteiger partial charge in [0.05, 0.1) is 22.3 Å². The Kier molecular flexibility index (Phi) is 5.76. The number of hydrogen-bond acceptors (Lipinski definition) is 2. The maximum Gasteiger partial charge on any atom is 0.241 e. The van der Waals surface area contributed by atoms with Crippen LogP contribution in [0.5, 0.6) is 0 Å². The molecular formula is C12H15BrCl2N2O. The normalized spacial score (nSPS) is 10.6. The molecule has 0 radical (unpaired) electrons. The van der Waals surface area contributed by atoms with Gasteiger partial charge in [-0.25, -0.2) is 0 Å². The second-order valence-electron chi connectivity index (χ2n) is 4.17. The lowest BCUT2D eigenvalue weighted by Crippen LogP contribution is -2.37. The summed E-state index contributed by atoms with van der Waals surface area (Å²) in [5.74, 6) is 0.0000999. The molecule has 0 aliphatic heterocycles. The quantitative estimate of drug-likeness (QED) is 0.828. The third kappa shape index (κ3) is 3.77. The summed E-state index contributed by atoms with van der Waals surface area (Å²) in [4.78, 5) is 13.5. The minimum Gasteiger partial charge on any atom is -0.375 e. The Labute approximate surface area is 126 Å². The third-order valence-electron chi connectivity index (χ3n) is 2.63. The lowest BCUT2D eigenvalue weighted by atomic mass is 10.3. The minimum absolute atomic E-state index is 0.0000999. The maximum atomic E-state index is 11.8. The molecule has 0 saturated carbocycles. The summed E-state index contributed by atoms with van der Waals surface area (Å²) in [7, 11) is 1.77. The molecule has 1 aromatic carbocycles. The molecule has 0 atom stereocenters. The van der Waals surface area contributed by atoms with Crippen molar-refractivity contribution in [3.05, 3.63) is 26.7 Å². The highest BCUT2D eigenvalue weighted by atomic mass is 79.9. The monoisotopic (exact) mass is 352 g/mol. The van der Waals surface area contributed by atoms with Crippen LogP contribution in [0.4, 0.5) is 5.69 Å². The highest BCUT2D eigenvalue weighted by molar-refractivity contribution is 9.10. The van der Waals surface area contributed by atoms with E-state index in [1.165, 1.54) is 0 Å². The van der Waals surface area contributed by atoms with E-state index in [-0.39, 0.29) is 18.5 Å². The summed E-state index contributed by atoms with van der Waals surface area (Å²) in [6, 6.07) is 3.73. The Hall–Kier alpha value is -0.450. The van der Waals surface area contributed by atoms with Gasteiger partial charge in [-0.1, -0.05) is 23.2 Å². The highest BCUT2D eigenvalue weighted by Gasteiger charge is 2.13. The van der Waals surface area contributed by atoms with Crippen LogP contribution in [0.1, 0.15) is 13.8 Å². The van der Waals surface area contributed by atoms with Crippen LogP contribution in [0.3, 0.4) is 0 Å². The van der Waals surface area contributed by atoms with E-state index in [0.29, 0.717) is 15.7 Å². The first-order chi connectivity index (χ1) is 8.34. The van der Waals surface area contributed by atoms with Gasteiger partial charge < -0.3 is 10.2 Å². The number of hydrogen-bond donors (Lipinski definition) is 1. The first kappa shape index (κ1) is 15.6. The Bertz CT molecular complexity index is 452. The van der Waals surface area contributed by atoms with Gasteiger partial charge in [-0.2, -0.15) is 0 Å². The topological polar surface area (TPSA) is 32.3 Å². The standard InChI is InChI=1S/C12H15BrCl2N2O/c1-7(2)17(3)10(18)6-16-9-5-4-8(13)11(14)12(9)15/h4-5,7,16H,6H2,1-3H3. The van der Waals surface area contributed by atoms with E-state index in [9.17, 15) is 4.79 Å². The number of amides is 1. The van der Waals surface area contributed by atoms with Crippen molar-refractivity contribution in [2.75, 3.05) is 18.9 Å². The molecule has 0 bridgehead atoms. The summed E-state index contributed by atoms with van der Waals surface area (Å²) in [6.45, 7) is 4.11. The summed E-state index contributed by atoms with van der Waals surface area (Å²) >= 11 is 15.4. The van der Waals surface area contributed by atoms with Crippen molar-refractivity contribution in [3.63, 3.8) is 0 Å². The number of rotatable bonds is 4. The predicted octanol–water partition coefficient (Wildman–Crippen LogP) is 4.03. The lowest BCUT2D eigenvalue weighted by molar-refractivity contribution is -0.129. The van der Waals surface area contributed by atoms with Gasteiger partial charge in [-0.15, -0.1) is 0 Å². The minimum atomic E-state index is 0.0000999. The maximum absolute atomic E-state index is 11.8. The Morgan fingerprint density at radius 1 is 1.39 bits per heavy atom. The zero-order chi connectivity index (χ0) is 13.9.